The molecular formula is C19H19N3O2. The second-order valence-corrected chi connectivity index (χ2v) is 5.51. The number of aromatic amines is 1. The first kappa shape index (κ1) is 16.0. The molecule has 0 saturated heterocycles. The summed E-state index contributed by atoms with van der Waals surface area (Å²) < 4.78 is 0. The summed E-state index contributed by atoms with van der Waals surface area (Å²) in [6.07, 6.45) is 2.28. The number of aliphatic hydroxyl groups is 1. The second-order valence-electron chi connectivity index (χ2n) is 5.51. The maximum Gasteiger partial charge on any atom is 0.255 e. The Labute approximate surface area is 140 Å². The molecule has 122 valence electrons. The first-order chi connectivity index (χ1) is 11.8. The standard InChI is InChI=1S/C19H19N3O2/c23-13-15-8-6-14(7-9-15)10-11-20-19(24)17-12-21-22-18(17)16-4-2-1-3-5-16/h1-9,12,23H,10-11,13H2,(H,20,24)(H,21,22). The number of nitrogens with zero attached hydrogens (tertiary/aromatic N) is 1. The molecule has 5 heteroatoms. The highest BCUT2D eigenvalue weighted by atomic mass is 16.3. The molecule has 0 saturated carbocycles. The van der Waals surface area contributed by atoms with E-state index in [0.717, 1.165) is 28.8 Å². The van der Waals surface area contributed by atoms with E-state index >= 15 is 0 Å². The van der Waals surface area contributed by atoms with Crippen LogP contribution in [-0.2, 0) is 13.0 Å². The van der Waals surface area contributed by atoms with E-state index in [2.05, 4.69) is 15.5 Å². The minimum atomic E-state index is -0.144. The highest BCUT2D eigenvalue weighted by Gasteiger charge is 2.14. The number of rotatable bonds is 6. The minimum Gasteiger partial charge on any atom is -0.392 e. The van der Waals surface area contributed by atoms with E-state index in [1.54, 1.807) is 6.20 Å². The molecule has 0 aliphatic rings. The summed E-state index contributed by atoms with van der Waals surface area (Å²) in [6, 6.07) is 17.4. The number of carbonyl (C=O) groups is 1. The predicted octanol–water partition coefficient (Wildman–Crippen LogP) is 2.54. The smallest absolute Gasteiger partial charge is 0.255 e. The van der Waals surface area contributed by atoms with E-state index in [1.807, 2.05) is 54.6 Å². The van der Waals surface area contributed by atoms with E-state index in [1.165, 1.54) is 0 Å². The number of amides is 1. The number of aromatic nitrogens is 2. The lowest BCUT2D eigenvalue weighted by molar-refractivity contribution is 0.0955. The van der Waals surface area contributed by atoms with Crippen LogP contribution >= 0.6 is 0 Å². The number of aliphatic hydroxyl groups excluding tert-OH is 1. The van der Waals surface area contributed by atoms with Gasteiger partial charge in [0.2, 0.25) is 0 Å². The molecule has 0 unspecified atom stereocenters. The van der Waals surface area contributed by atoms with Crippen molar-refractivity contribution in [1.82, 2.24) is 15.5 Å². The normalized spacial score (nSPS) is 10.5. The van der Waals surface area contributed by atoms with Gasteiger partial charge in [-0.1, -0.05) is 54.6 Å². The maximum atomic E-state index is 12.4. The molecule has 0 radical (unpaired) electrons. The van der Waals surface area contributed by atoms with Crippen molar-refractivity contribution in [1.29, 1.82) is 0 Å². The van der Waals surface area contributed by atoms with E-state index in [9.17, 15) is 4.79 Å². The third-order valence-corrected chi connectivity index (χ3v) is 3.85. The second kappa shape index (κ2) is 7.57. The Bertz CT molecular complexity index is 795. The van der Waals surface area contributed by atoms with Crippen molar-refractivity contribution in [3.05, 3.63) is 77.5 Å². The summed E-state index contributed by atoms with van der Waals surface area (Å²) in [4.78, 5) is 12.4. The predicted molar refractivity (Wildman–Crippen MR) is 92.4 cm³/mol. The van der Waals surface area contributed by atoms with Crippen LogP contribution in [0.15, 0.2) is 60.8 Å². The van der Waals surface area contributed by atoms with Gasteiger partial charge in [0.15, 0.2) is 0 Å². The zero-order valence-electron chi connectivity index (χ0n) is 13.2. The molecule has 1 heterocycles. The van der Waals surface area contributed by atoms with Crippen molar-refractivity contribution >= 4 is 5.91 Å². The van der Waals surface area contributed by atoms with E-state index in [0.29, 0.717) is 12.1 Å². The first-order valence-electron chi connectivity index (χ1n) is 7.83. The van der Waals surface area contributed by atoms with Crippen LogP contribution in [0.3, 0.4) is 0 Å². The molecule has 1 aromatic heterocycles. The Balaban J connectivity index is 1.61. The van der Waals surface area contributed by atoms with Gasteiger partial charge in [-0.15, -0.1) is 0 Å². The third kappa shape index (κ3) is 3.70. The third-order valence-electron chi connectivity index (χ3n) is 3.85. The summed E-state index contributed by atoms with van der Waals surface area (Å²) in [5.74, 6) is -0.144. The molecule has 0 bridgehead atoms. The fraction of sp³-hybridized carbons (Fsp3) is 0.158. The SMILES string of the molecule is O=C(NCCc1ccc(CO)cc1)c1cn[nH]c1-c1ccccc1. The van der Waals surface area contributed by atoms with Gasteiger partial charge in [0.25, 0.3) is 5.91 Å². The highest BCUT2D eigenvalue weighted by Crippen LogP contribution is 2.20. The number of nitrogens with one attached hydrogen (secondary N) is 2. The average molecular weight is 321 g/mol. The topological polar surface area (TPSA) is 78.0 Å². The van der Waals surface area contributed by atoms with Crippen molar-refractivity contribution in [2.45, 2.75) is 13.0 Å². The molecule has 0 spiro atoms. The highest BCUT2D eigenvalue weighted by molar-refractivity contribution is 5.99. The van der Waals surface area contributed by atoms with E-state index < -0.39 is 0 Å². The van der Waals surface area contributed by atoms with Crippen molar-refractivity contribution in [2.75, 3.05) is 6.54 Å². The lowest BCUT2D eigenvalue weighted by Gasteiger charge is -2.07. The van der Waals surface area contributed by atoms with Crippen LogP contribution in [0.2, 0.25) is 0 Å². The molecule has 3 N–H and O–H groups in total. The molecule has 0 atom stereocenters. The Morgan fingerprint density at radius 2 is 1.75 bits per heavy atom. The summed E-state index contributed by atoms with van der Waals surface area (Å²) in [5.41, 5.74) is 4.19. The molecule has 0 aliphatic heterocycles. The van der Waals surface area contributed by atoms with Crippen LogP contribution in [0.1, 0.15) is 21.5 Å². The van der Waals surface area contributed by atoms with Crippen molar-refractivity contribution < 1.29 is 9.90 Å². The number of carbonyl (C=O) groups excluding carboxylic acids is 1. The fourth-order valence-electron chi connectivity index (χ4n) is 2.51. The molecule has 1 amide bonds. The molecule has 5 nitrogen and oxygen atoms in total. The molecule has 0 aliphatic carbocycles. The van der Waals surface area contributed by atoms with Crippen LogP contribution in [0.25, 0.3) is 11.3 Å². The Morgan fingerprint density at radius 3 is 2.46 bits per heavy atom. The fourth-order valence-corrected chi connectivity index (χ4v) is 2.51. The molecule has 2 aromatic carbocycles. The first-order valence-corrected chi connectivity index (χ1v) is 7.83. The van der Waals surface area contributed by atoms with E-state index in [-0.39, 0.29) is 12.5 Å². The van der Waals surface area contributed by atoms with Gasteiger partial charge in [0.1, 0.15) is 0 Å². The number of H-pyrrole nitrogens is 1. The molecule has 3 aromatic rings. The molecule has 3 rings (SSSR count). The Kier molecular flexibility index (Phi) is 5.03. The van der Waals surface area contributed by atoms with Gasteiger partial charge in [0, 0.05) is 12.1 Å². The largest absolute Gasteiger partial charge is 0.392 e. The van der Waals surface area contributed by atoms with Crippen molar-refractivity contribution in [2.24, 2.45) is 0 Å². The Hall–Kier alpha value is -2.92. The van der Waals surface area contributed by atoms with Gasteiger partial charge in [-0.3, -0.25) is 9.89 Å². The van der Waals surface area contributed by atoms with Gasteiger partial charge in [-0.25, -0.2) is 0 Å². The van der Waals surface area contributed by atoms with Gasteiger partial charge in [-0.2, -0.15) is 5.10 Å². The summed E-state index contributed by atoms with van der Waals surface area (Å²) in [5, 5.41) is 18.8. The van der Waals surface area contributed by atoms with Gasteiger partial charge < -0.3 is 10.4 Å². The quantitative estimate of drug-likeness (QED) is 0.653. The lowest BCUT2D eigenvalue weighted by Crippen LogP contribution is -2.25. The van der Waals surface area contributed by atoms with Crippen LogP contribution < -0.4 is 5.32 Å². The van der Waals surface area contributed by atoms with Crippen LogP contribution in [-0.4, -0.2) is 27.8 Å². The van der Waals surface area contributed by atoms with Crippen molar-refractivity contribution in [3.63, 3.8) is 0 Å². The van der Waals surface area contributed by atoms with Crippen LogP contribution in [0.5, 0.6) is 0 Å². The molecule has 0 fully saturated rings. The number of hydrogen-bond donors (Lipinski definition) is 3. The Morgan fingerprint density at radius 1 is 1.04 bits per heavy atom. The van der Waals surface area contributed by atoms with Crippen LogP contribution in [0.4, 0.5) is 0 Å². The van der Waals surface area contributed by atoms with Gasteiger partial charge >= 0.3 is 0 Å². The summed E-state index contributed by atoms with van der Waals surface area (Å²) in [7, 11) is 0. The zero-order valence-corrected chi connectivity index (χ0v) is 13.2. The van der Waals surface area contributed by atoms with Crippen LogP contribution in [0, 0.1) is 0 Å². The molecular weight excluding hydrogens is 302 g/mol. The maximum absolute atomic E-state index is 12.4. The minimum absolute atomic E-state index is 0.0414. The lowest BCUT2D eigenvalue weighted by atomic mass is 10.1. The van der Waals surface area contributed by atoms with Crippen molar-refractivity contribution in [3.8, 4) is 11.3 Å². The summed E-state index contributed by atoms with van der Waals surface area (Å²) in [6.45, 7) is 0.580. The summed E-state index contributed by atoms with van der Waals surface area (Å²) >= 11 is 0. The monoisotopic (exact) mass is 321 g/mol. The van der Waals surface area contributed by atoms with Gasteiger partial charge in [-0.05, 0) is 17.5 Å². The average Bonchev–Trinajstić information content (AvgIpc) is 3.13. The molecule has 24 heavy (non-hydrogen) atoms. The zero-order chi connectivity index (χ0) is 16.8. The van der Waals surface area contributed by atoms with E-state index in [4.69, 9.17) is 5.11 Å². The number of benzene rings is 2. The van der Waals surface area contributed by atoms with Gasteiger partial charge in [0.05, 0.1) is 24.1 Å². The number of hydrogen-bond acceptors (Lipinski definition) is 3.